The minimum absolute atomic E-state index is 0.190. The number of benzene rings is 2. The number of aromatic nitrogens is 3. The van der Waals surface area contributed by atoms with Crippen molar-refractivity contribution in [3.63, 3.8) is 0 Å². The molecule has 0 bridgehead atoms. The molecule has 1 atom stereocenters. The summed E-state index contributed by atoms with van der Waals surface area (Å²) in [5.41, 5.74) is 2.68. The van der Waals surface area contributed by atoms with E-state index < -0.39 is 6.10 Å². The van der Waals surface area contributed by atoms with Gasteiger partial charge in [0, 0.05) is 11.8 Å². The molecule has 2 heterocycles. The molecular weight excluding hydrogens is 547 g/mol. The Kier molecular flexibility index (Phi) is 10.4. The third kappa shape index (κ3) is 7.45. The number of carbonyl (C=O) groups is 1. The Bertz CT molecular complexity index is 1600. The van der Waals surface area contributed by atoms with Crippen LogP contribution in [0.3, 0.4) is 0 Å². The van der Waals surface area contributed by atoms with Crippen molar-refractivity contribution in [2.75, 3.05) is 19.6 Å². The second-order valence-electron chi connectivity index (χ2n) is 8.75. The smallest absolute Gasteiger partial charge is 0.262 e. The normalized spacial score (nSPS) is 12.9. The lowest BCUT2D eigenvalue weighted by atomic mass is 10.2. The number of carbonyl (C=O) groups excluding carboxylic acids is 1. The summed E-state index contributed by atoms with van der Waals surface area (Å²) in [6.45, 7) is 4.35. The summed E-state index contributed by atoms with van der Waals surface area (Å²) >= 11 is 6.13. The maximum atomic E-state index is 13.6. The van der Waals surface area contributed by atoms with Crippen LogP contribution in [-0.4, -0.2) is 51.9 Å². The highest BCUT2D eigenvalue weighted by molar-refractivity contribution is 6.18. The van der Waals surface area contributed by atoms with Gasteiger partial charge in [-0.15, -0.1) is 11.6 Å². The van der Waals surface area contributed by atoms with Gasteiger partial charge in [0.1, 0.15) is 17.7 Å². The van der Waals surface area contributed by atoms with Crippen LogP contribution in [0, 0.1) is 5.82 Å². The fourth-order valence-electron chi connectivity index (χ4n) is 4.03. The summed E-state index contributed by atoms with van der Waals surface area (Å²) in [6, 6.07) is 13.0. The Morgan fingerprint density at radius 2 is 2.00 bits per heavy atom. The Balaban J connectivity index is 1.64. The molecule has 0 aliphatic carbocycles. The highest BCUT2D eigenvalue weighted by atomic mass is 35.5. The van der Waals surface area contributed by atoms with Crippen molar-refractivity contribution in [2.45, 2.75) is 26.6 Å². The number of rotatable bonds is 12. The number of alkyl halides is 1. The molecule has 0 spiro atoms. The fraction of sp³-hybridized carbons (Fsp3) is 0.226. The maximum Gasteiger partial charge on any atom is 0.262 e. The van der Waals surface area contributed by atoms with Gasteiger partial charge in [0.05, 0.1) is 43.5 Å². The monoisotopic (exact) mass is 576 g/mol. The van der Waals surface area contributed by atoms with Crippen LogP contribution in [0.4, 0.5) is 10.2 Å². The van der Waals surface area contributed by atoms with Gasteiger partial charge in [0.25, 0.3) is 5.91 Å². The van der Waals surface area contributed by atoms with E-state index in [4.69, 9.17) is 30.8 Å². The van der Waals surface area contributed by atoms with Crippen molar-refractivity contribution in [2.24, 2.45) is 4.99 Å². The molecule has 4 rings (SSSR count). The van der Waals surface area contributed by atoms with Crippen LogP contribution in [-0.2, 0) is 11.3 Å². The first-order valence-electron chi connectivity index (χ1n) is 13.0. The molecule has 4 aromatic rings. The first-order valence-corrected chi connectivity index (χ1v) is 13.5. The molecule has 0 aliphatic heterocycles. The summed E-state index contributed by atoms with van der Waals surface area (Å²) < 4.78 is 31.8. The SMILES string of the molecule is C/C=C/C(/C=C\C(CCl)OCc1cccc(F)c1)=Nc1ncnc2ccn(C(=O)c3ccc(OC)c(OCC)c3)c12. The van der Waals surface area contributed by atoms with Gasteiger partial charge in [-0.05, 0) is 68.0 Å². The molecule has 0 saturated heterocycles. The Labute approximate surface area is 242 Å². The van der Waals surface area contributed by atoms with Crippen LogP contribution in [0.15, 0.2) is 90.4 Å². The first-order chi connectivity index (χ1) is 20.0. The predicted molar refractivity (Wildman–Crippen MR) is 158 cm³/mol. The molecular formula is C31H30ClFN4O4. The van der Waals surface area contributed by atoms with Crippen LogP contribution < -0.4 is 9.47 Å². The molecule has 0 amide bonds. The molecule has 1 unspecified atom stereocenters. The number of nitrogens with zero attached hydrogens (tertiary/aromatic N) is 4. The molecule has 0 saturated carbocycles. The molecule has 8 nitrogen and oxygen atoms in total. The zero-order valence-corrected chi connectivity index (χ0v) is 23.7. The predicted octanol–water partition coefficient (Wildman–Crippen LogP) is 6.70. The Hall–Kier alpha value is -4.34. The van der Waals surface area contributed by atoms with Crippen LogP contribution in [0.25, 0.3) is 11.0 Å². The summed E-state index contributed by atoms with van der Waals surface area (Å²) in [7, 11) is 1.54. The Morgan fingerprint density at radius 1 is 1.15 bits per heavy atom. The number of fused-ring (bicyclic) bond motifs is 1. The van der Waals surface area contributed by atoms with Gasteiger partial charge in [-0.2, -0.15) is 0 Å². The molecule has 0 aliphatic rings. The largest absolute Gasteiger partial charge is 0.493 e. The number of hydrogen-bond donors (Lipinski definition) is 0. The molecule has 0 N–H and O–H groups in total. The topological polar surface area (TPSA) is 87.8 Å². The molecule has 212 valence electrons. The number of hydrogen-bond acceptors (Lipinski definition) is 7. The van der Waals surface area contributed by atoms with Crippen molar-refractivity contribution >= 4 is 40.1 Å². The number of allylic oxidation sites excluding steroid dienone is 3. The standard InChI is InChI=1S/C31H30ClFN4O4/c1-4-7-24(11-12-25(18-32)41-19-21-8-6-9-23(33)16-21)36-30-29-26(34-20-35-30)14-15-37(29)31(38)22-10-13-27(39-3)28(17-22)40-5-2/h4,6-17,20,25H,5,18-19H2,1-3H3/b7-4+,12-11-,36-24?. The van der Waals surface area contributed by atoms with Gasteiger partial charge in [-0.3, -0.25) is 9.36 Å². The van der Waals surface area contributed by atoms with E-state index in [2.05, 4.69) is 9.97 Å². The molecule has 0 radical (unpaired) electrons. The molecule has 10 heteroatoms. The number of ether oxygens (including phenoxy) is 3. The van der Waals surface area contributed by atoms with Crippen molar-refractivity contribution in [3.05, 3.63) is 102 Å². The van der Waals surface area contributed by atoms with Gasteiger partial charge >= 0.3 is 0 Å². The Morgan fingerprint density at radius 3 is 2.73 bits per heavy atom. The van der Waals surface area contributed by atoms with Gasteiger partial charge in [-0.25, -0.2) is 19.4 Å². The average Bonchev–Trinajstić information content (AvgIpc) is 3.42. The van der Waals surface area contributed by atoms with Crippen molar-refractivity contribution < 1.29 is 23.4 Å². The average molecular weight is 577 g/mol. The van der Waals surface area contributed by atoms with E-state index in [0.29, 0.717) is 51.8 Å². The van der Waals surface area contributed by atoms with Gasteiger partial charge < -0.3 is 14.2 Å². The van der Waals surface area contributed by atoms with E-state index in [1.165, 1.54) is 23.0 Å². The minimum atomic E-state index is -0.444. The highest BCUT2D eigenvalue weighted by Crippen LogP contribution is 2.30. The summed E-state index contributed by atoms with van der Waals surface area (Å²) in [6.07, 6.45) is 9.77. The summed E-state index contributed by atoms with van der Waals surface area (Å²) in [5.74, 6) is 0.884. The maximum absolute atomic E-state index is 13.6. The van der Waals surface area contributed by atoms with Crippen LogP contribution in [0.1, 0.15) is 29.8 Å². The quantitative estimate of drug-likeness (QED) is 0.138. The van der Waals surface area contributed by atoms with Gasteiger partial charge in [0.15, 0.2) is 17.3 Å². The lowest BCUT2D eigenvalue weighted by Crippen LogP contribution is -2.12. The van der Waals surface area contributed by atoms with Crippen molar-refractivity contribution in [1.29, 1.82) is 0 Å². The van der Waals surface area contributed by atoms with Crippen molar-refractivity contribution in [3.8, 4) is 11.5 Å². The second kappa shape index (κ2) is 14.3. The van der Waals surface area contributed by atoms with Gasteiger partial charge in [-0.1, -0.05) is 24.3 Å². The summed E-state index contributed by atoms with van der Waals surface area (Å²) in [4.78, 5) is 27.0. The van der Waals surface area contributed by atoms with Crippen LogP contribution >= 0.6 is 11.6 Å². The lowest BCUT2D eigenvalue weighted by molar-refractivity contribution is 0.0860. The lowest BCUT2D eigenvalue weighted by Gasteiger charge is -2.12. The number of aliphatic imine (C=N–C) groups is 1. The zero-order chi connectivity index (χ0) is 29.2. The van der Waals surface area contributed by atoms with E-state index in [0.717, 1.165) is 0 Å². The fourth-order valence-corrected chi connectivity index (χ4v) is 4.23. The second-order valence-corrected chi connectivity index (χ2v) is 9.06. The number of methoxy groups -OCH3 is 1. The molecule has 41 heavy (non-hydrogen) atoms. The third-order valence-electron chi connectivity index (χ3n) is 5.94. The molecule has 2 aromatic heterocycles. The van der Waals surface area contributed by atoms with Crippen LogP contribution in [0.5, 0.6) is 11.5 Å². The molecule has 0 fully saturated rings. The van der Waals surface area contributed by atoms with E-state index in [1.54, 1.807) is 67.9 Å². The van der Waals surface area contributed by atoms with E-state index in [-0.39, 0.29) is 24.2 Å². The third-order valence-corrected chi connectivity index (χ3v) is 6.25. The number of halogens is 2. The highest BCUT2D eigenvalue weighted by Gasteiger charge is 2.18. The minimum Gasteiger partial charge on any atom is -0.493 e. The first kappa shape index (κ1) is 29.6. The van der Waals surface area contributed by atoms with Crippen LogP contribution in [0.2, 0.25) is 0 Å². The van der Waals surface area contributed by atoms with E-state index >= 15 is 0 Å². The van der Waals surface area contributed by atoms with E-state index in [1.807, 2.05) is 19.9 Å². The van der Waals surface area contributed by atoms with Gasteiger partial charge in [0.2, 0.25) is 0 Å². The molecule has 2 aromatic carbocycles. The van der Waals surface area contributed by atoms with E-state index in [9.17, 15) is 9.18 Å². The zero-order valence-electron chi connectivity index (χ0n) is 23.0. The van der Waals surface area contributed by atoms with Crippen molar-refractivity contribution in [1.82, 2.24) is 14.5 Å². The summed E-state index contributed by atoms with van der Waals surface area (Å²) in [5, 5.41) is 0.